The van der Waals surface area contributed by atoms with E-state index in [-0.39, 0.29) is 17.0 Å². The number of halogens is 1. The third-order valence-electron chi connectivity index (χ3n) is 6.29. The van der Waals surface area contributed by atoms with E-state index in [0.29, 0.717) is 5.92 Å². The van der Waals surface area contributed by atoms with Crippen LogP contribution in [0.5, 0.6) is 0 Å². The molecular formula is C22H27BrN2. The van der Waals surface area contributed by atoms with Gasteiger partial charge in [0.05, 0.1) is 31.9 Å². The molecular weight excluding hydrogens is 372 g/mol. The van der Waals surface area contributed by atoms with E-state index in [0.717, 1.165) is 17.8 Å². The van der Waals surface area contributed by atoms with Gasteiger partial charge in [-0.15, -0.1) is 0 Å². The Morgan fingerprint density at radius 2 is 1.60 bits per heavy atom. The second kappa shape index (κ2) is 7.43. The zero-order valence-electron chi connectivity index (χ0n) is 15.1. The summed E-state index contributed by atoms with van der Waals surface area (Å²) in [7, 11) is 4.86. The predicted molar refractivity (Wildman–Crippen MR) is 99.4 cm³/mol. The maximum atomic E-state index is 4.63. The monoisotopic (exact) mass is 398 g/mol. The van der Waals surface area contributed by atoms with Gasteiger partial charge in [-0.25, -0.2) is 0 Å². The highest BCUT2D eigenvalue weighted by molar-refractivity contribution is 5.77. The Kier molecular flexibility index (Phi) is 5.45. The van der Waals surface area contributed by atoms with Gasteiger partial charge in [0.15, 0.2) is 0 Å². The van der Waals surface area contributed by atoms with Crippen LogP contribution in [0.2, 0.25) is 0 Å². The fraction of sp³-hybridized carbons (Fsp3) is 0.409. The van der Waals surface area contributed by atoms with Crippen molar-refractivity contribution in [3.63, 3.8) is 0 Å². The summed E-state index contributed by atoms with van der Waals surface area (Å²) in [5.41, 5.74) is 3.67. The third kappa shape index (κ3) is 3.58. The molecule has 0 radical (unpaired) electrons. The Hall–Kier alpha value is -1.45. The van der Waals surface area contributed by atoms with Gasteiger partial charge in [-0.1, -0.05) is 42.5 Å². The summed E-state index contributed by atoms with van der Waals surface area (Å²) >= 11 is 0. The van der Waals surface area contributed by atoms with E-state index in [2.05, 4.69) is 67.6 Å². The van der Waals surface area contributed by atoms with E-state index in [4.69, 9.17) is 0 Å². The number of aromatic nitrogens is 1. The van der Waals surface area contributed by atoms with Crippen LogP contribution in [0, 0.1) is 5.92 Å². The molecule has 3 heterocycles. The first-order chi connectivity index (χ1) is 11.6. The second-order valence-electron chi connectivity index (χ2n) is 7.91. The van der Waals surface area contributed by atoms with Crippen LogP contribution in [0.1, 0.15) is 36.9 Å². The van der Waals surface area contributed by atoms with E-state index in [1.807, 2.05) is 12.3 Å². The lowest BCUT2D eigenvalue weighted by Gasteiger charge is -2.43. The lowest BCUT2D eigenvalue weighted by Crippen LogP contribution is -3.00. The van der Waals surface area contributed by atoms with Crippen molar-refractivity contribution in [2.24, 2.45) is 5.92 Å². The summed E-state index contributed by atoms with van der Waals surface area (Å²) in [6.45, 7) is 0. The molecule has 132 valence electrons. The minimum atomic E-state index is 0. The van der Waals surface area contributed by atoms with Crippen LogP contribution < -0.4 is 17.0 Å². The zero-order chi connectivity index (χ0) is 16.6. The number of hydrogen-bond acceptors (Lipinski definition) is 1. The summed E-state index contributed by atoms with van der Waals surface area (Å²) in [6.07, 6.45) is 9.83. The summed E-state index contributed by atoms with van der Waals surface area (Å²) in [5, 5.41) is 0. The third-order valence-corrected chi connectivity index (χ3v) is 6.29. The van der Waals surface area contributed by atoms with Crippen molar-refractivity contribution in [1.82, 2.24) is 4.98 Å². The lowest BCUT2D eigenvalue weighted by atomic mass is 9.86. The largest absolute Gasteiger partial charge is 1.00 e. The second-order valence-corrected chi connectivity index (χ2v) is 7.91. The van der Waals surface area contributed by atoms with E-state index in [1.165, 1.54) is 41.3 Å². The molecule has 1 aromatic heterocycles. The molecule has 0 aliphatic carbocycles. The molecule has 25 heavy (non-hydrogen) atoms. The number of rotatable bonds is 3. The van der Waals surface area contributed by atoms with Crippen molar-refractivity contribution < 1.29 is 21.5 Å². The van der Waals surface area contributed by atoms with Gasteiger partial charge in [0, 0.05) is 37.5 Å². The van der Waals surface area contributed by atoms with E-state index < -0.39 is 0 Å². The number of quaternary nitrogens is 1. The van der Waals surface area contributed by atoms with Crippen molar-refractivity contribution in [2.45, 2.75) is 37.8 Å². The number of pyridine rings is 1. The first-order valence-corrected chi connectivity index (χ1v) is 9.16. The predicted octanol–water partition coefficient (Wildman–Crippen LogP) is 1.53. The molecule has 2 aliphatic heterocycles. The SMILES string of the molecule is C[N+]1(C)[C@@H]2CC[C@H]1CC(/C=C(/c1ccccc1)c1ccccn1)C2.[Br-]. The maximum Gasteiger partial charge on any atom is 0.0896 e. The van der Waals surface area contributed by atoms with Crippen LogP contribution in [0.4, 0.5) is 0 Å². The van der Waals surface area contributed by atoms with Gasteiger partial charge in [0.1, 0.15) is 0 Å². The van der Waals surface area contributed by atoms with Gasteiger partial charge < -0.3 is 21.5 Å². The molecule has 0 amide bonds. The summed E-state index contributed by atoms with van der Waals surface area (Å²) < 4.78 is 1.23. The Morgan fingerprint density at radius 3 is 2.20 bits per heavy atom. The molecule has 1 unspecified atom stereocenters. The molecule has 2 aromatic rings. The number of fused-ring (bicyclic) bond motifs is 2. The normalized spacial score (nSPS) is 27.6. The van der Waals surface area contributed by atoms with Gasteiger partial charge in [0.2, 0.25) is 0 Å². The molecule has 0 saturated carbocycles. The highest BCUT2D eigenvalue weighted by Crippen LogP contribution is 2.43. The quantitative estimate of drug-likeness (QED) is 0.714. The highest BCUT2D eigenvalue weighted by Gasteiger charge is 2.48. The van der Waals surface area contributed by atoms with Crippen molar-refractivity contribution in [2.75, 3.05) is 14.1 Å². The first kappa shape index (κ1) is 18.3. The number of nitrogens with zero attached hydrogens (tertiary/aromatic N) is 2. The molecule has 1 aromatic carbocycles. The Bertz CT molecular complexity index is 667. The molecule has 2 saturated heterocycles. The van der Waals surface area contributed by atoms with Crippen molar-refractivity contribution in [1.29, 1.82) is 0 Å². The van der Waals surface area contributed by atoms with Gasteiger partial charge >= 0.3 is 0 Å². The lowest BCUT2D eigenvalue weighted by molar-refractivity contribution is -0.931. The van der Waals surface area contributed by atoms with Crippen LogP contribution in [-0.4, -0.2) is 35.6 Å². The highest BCUT2D eigenvalue weighted by atomic mass is 79.9. The van der Waals surface area contributed by atoms with E-state index in [1.54, 1.807) is 0 Å². The van der Waals surface area contributed by atoms with Crippen LogP contribution in [0.15, 0.2) is 60.8 Å². The zero-order valence-corrected chi connectivity index (χ0v) is 16.7. The molecule has 3 atom stereocenters. The summed E-state index contributed by atoms with van der Waals surface area (Å²) in [5.74, 6) is 0.672. The average Bonchev–Trinajstić information content (AvgIpc) is 2.79. The first-order valence-electron chi connectivity index (χ1n) is 9.16. The van der Waals surface area contributed by atoms with Gasteiger partial charge in [-0.05, 0) is 23.6 Å². The van der Waals surface area contributed by atoms with Gasteiger partial charge in [-0.3, -0.25) is 4.98 Å². The molecule has 2 fully saturated rings. The number of piperidine rings is 1. The van der Waals surface area contributed by atoms with Crippen molar-refractivity contribution >= 4 is 5.57 Å². The average molecular weight is 399 g/mol. The summed E-state index contributed by atoms with van der Waals surface area (Å²) in [4.78, 5) is 4.63. The van der Waals surface area contributed by atoms with Crippen LogP contribution in [0.25, 0.3) is 5.57 Å². The number of hydrogen-bond donors (Lipinski definition) is 0. The van der Waals surface area contributed by atoms with Crippen LogP contribution >= 0.6 is 0 Å². The Morgan fingerprint density at radius 1 is 0.960 bits per heavy atom. The summed E-state index contributed by atoms with van der Waals surface area (Å²) in [6, 6.07) is 18.6. The van der Waals surface area contributed by atoms with Crippen molar-refractivity contribution in [3.05, 3.63) is 72.1 Å². The molecule has 0 N–H and O–H groups in total. The standard InChI is InChI=1S/C22H27N2.BrH/c1-24(2)19-11-12-20(24)15-17(14-19)16-21(18-8-4-3-5-9-18)22-10-6-7-13-23-22;/h3-10,13,16-17,19-20H,11-12,14-15H2,1-2H3;1H/q+1;/p-1/b21-16-;/t17?,19-,20+;. The van der Waals surface area contributed by atoms with Crippen LogP contribution in [-0.2, 0) is 0 Å². The van der Waals surface area contributed by atoms with Gasteiger partial charge in [-0.2, -0.15) is 0 Å². The fourth-order valence-electron chi connectivity index (χ4n) is 4.76. The molecule has 2 bridgehead atoms. The van der Waals surface area contributed by atoms with Crippen molar-refractivity contribution in [3.8, 4) is 0 Å². The Labute approximate surface area is 162 Å². The molecule has 2 aliphatic rings. The molecule has 0 spiro atoms. The minimum Gasteiger partial charge on any atom is -1.00 e. The number of allylic oxidation sites excluding steroid dienone is 1. The fourth-order valence-corrected chi connectivity index (χ4v) is 4.76. The minimum absolute atomic E-state index is 0. The molecule has 3 heteroatoms. The van der Waals surface area contributed by atoms with E-state index >= 15 is 0 Å². The molecule has 2 nitrogen and oxygen atoms in total. The van der Waals surface area contributed by atoms with Crippen LogP contribution in [0.3, 0.4) is 0 Å². The van der Waals surface area contributed by atoms with E-state index in [9.17, 15) is 0 Å². The Balaban J connectivity index is 0.00000182. The van der Waals surface area contributed by atoms with Gasteiger partial charge in [0.25, 0.3) is 0 Å². The number of benzene rings is 1. The smallest absolute Gasteiger partial charge is 0.0896 e. The topological polar surface area (TPSA) is 12.9 Å². The molecule has 4 rings (SSSR count). The maximum absolute atomic E-state index is 4.63.